The smallest absolute Gasteiger partial charge is 0.347 e. The molecule has 19 heavy (non-hydrogen) atoms. The van der Waals surface area contributed by atoms with E-state index in [1.807, 2.05) is 0 Å². The molecule has 100 valence electrons. The average molecular weight is 327 g/mol. The molecule has 0 atom stereocenters. The topological polar surface area (TPSA) is 83.8 Å². The molecule has 0 aliphatic heterocycles. The van der Waals surface area contributed by atoms with Gasteiger partial charge < -0.3 is 16.0 Å². The van der Waals surface area contributed by atoms with Crippen molar-refractivity contribution in [3.8, 4) is 0 Å². The van der Waals surface area contributed by atoms with Gasteiger partial charge in [0.15, 0.2) is 5.82 Å². The summed E-state index contributed by atoms with van der Waals surface area (Å²) in [5.41, 5.74) is 6.96. The normalized spacial score (nSPS) is 10.5. The van der Waals surface area contributed by atoms with Crippen molar-refractivity contribution < 1.29 is 4.39 Å². The van der Waals surface area contributed by atoms with Crippen LogP contribution in [0.4, 0.5) is 15.9 Å². The molecule has 7 heteroatoms. The van der Waals surface area contributed by atoms with E-state index in [0.717, 1.165) is 5.56 Å². The monoisotopic (exact) mass is 326 g/mol. The number of rotatable bonds is 3. The number of hydrogen-bond donors (Lipinski definition) is 3. The average Bonchev–Trinajstić information content (AvgIpc) is 2.36. The van der Waals surface area contributed by atoms with Crippen LogP contribution in [0.1, 0.15) is 11.3 Å². The van der Waals surface area contributed by atoms with Crippen molar-refractivity contribution in [3.05, 3.63) is 50.2 Å². The summed E-state index contributed by atoms with van der Waals surface area (Å²) in [6.07, 6.45) is 0. The summed E-state index contributed by atoms with van der Waals surface area (Å²) in [5, 5.41) is 2.92. The standard InChI is InChI=1S/C12H12BrFN4O/c1-6-10(15)11(18-12(19)17-6)16-5-7-2-3-8(13)9(14)4-7/h2-4H,5,15H2,1H3,(H2,16,17,18,19). The molecule has 2 rings (SSSR count). The van der Waals surface area contributed by atoms with Crippen LogP contribution in [0.25, 0.3) is 0 Å². The summed E-state index contributed by atoms with van der Waals surface area (Å²) < 4.78 is 13.7. The number of hydrogen-bond acceptors (Lipinski definition) is 4. The lowest BCUT2D eigenvalue weighted by molar-refractivity contribution is 0.619. The van der Waals surface area contributed by atoms with Crippen LogP contribution in [0, 0.1) is 12.7 Å². The van der Waals surface area contributed by atoms with E-state index in [0.29, 0.717) is 28.2 Å². The Morgan fingerprint density at radius 1 is 1.53 bits per heavy atom. The van der Waals surface area contributed by atoms with Crippen LogP contribution in [0.3, 0.4) is 0 Å². The lowest BCUT2D eigenvalue weighted by Crippen LogP contribution is -2.17. The van der Waals surface area contributed by atoms with Crippen LogP contribution in [-0.2, 0) is 6.54 Å². The number of H-pyrrole nitrogens is 1. The number of halogens is 2. The Morgan fingerprint density at radius 3 is 2.95 bits per heavy atom. The van der Waals surface area contributed by atoms with Gasteiger partial charge in [-0.1, -0.05) is 6.07 Å². The zero-order chi connectivity index (χ0) is 14.0. The quantitative estimate of drug-likeness (QED) is 0.807. The van der Waals surface area contributed by atoms with Crippen LogP contribution >= 0.6 is 15.9 Å². The van der Waals surface area contributed by atoms with Crippen LogP contribution in [-0.4, -0.2) is 9.97 Å². The van der Waals surface area contributed by atoms with Crippen molar-refractivity contribution in [2.75, 3.05) is 11.1 Å². The fraction of sp³-hybridized carbons (Fsp3) is 0.167. The zero-order valence-electron chi connectivity index (χ0n) is 10.1. The van der Waals surface area contributed by atoms with Gasteiger partial charge in [0, 0.05) is 12.2 Å². The van der Waals surface area contributed by atoms with Crippen molar-refractivity contribution in [2.24, 2.45) is 0 Å². The maximum Gasteiger partial charge on any atom is 0.347 e. The fourth-order valence-corrected chi connectivity index (χ4v) is 1.81. The Kier molecular flexibility index (Phi) is 3.84. The Labute approximate surface area is 117 Å². The Morgan fingerprint density at radius 2 is 2.26 bits per heavy atom. The number of anilines is 2. The summed E-state index contributed by atoms with van der Waals surface area (Å²) in [6, 6.07) is 4.77. The van der Waals surface area contributed by atoms with Gasteiger partial charge in [-0.3, -0.25) is 0 Å². The number of aryl methyl sites for hydroxylation is 1. The summed E-state index contributed by atoms with van der Waals surface area (Å²) >= 11 is 3.08. The first-order chi connectivity index (χ1) is 8.97. The summed E-state index contributed by atoms with van der Waals surface area (Å²) in [6.45, 7) is 2.01. The number of nitrogen functional groups attached to an aromatic ring is 1. The van der Waals surface area contributed by atoms with Crippen LogP contribution in [0.2, 0.25) is 0 Å². The zero-order valence-corrected chi connectivity index (χ0v) is 11.7. The minimum absolute atomic E-state index is 0.296. The molecule has 0 aliphatic rings. The van der Waals surface area contributed by atoms with Gasteiger partial charge >= 0.3 is 5.69 Å². The highest BCUT2D eigenvalue weighted by atomic mass is 79.9. The minimum Gasteiger partial charge on any atom is -0.394 e. The van der Waals surface area contributed by atoms with E-state index in [9.17, 15) is 9.18 Å². The summed E-state index contributed by atoms with van der Waals surface area (Å²) in [4.78, 5) is 17.5. The Bertz CT molecular complexity index is 671. The first kappa shape index (κ1) is 13.5. The SMILES string of the molecule is Cc1[nH]c(=O)nc(NCc2ccc(Br)c(F)c2)c1N. The fourth-order valence-electron chi connectivity index (χ4n) is 1.57. The Balaban J connectivity index is 2.19. The third-order valence-electron chi connectivity index (χ3n) is 2.61. The van der Waals surface area contributed by atoms with E-state index >= 15 is 0 Å². The van der Waals surface area contributed by atoms with Gasteiger partial charge in [-0.2, -0.15) is 4.98 Å². The molecule has 0 aliphatic carbocycles. The van der Waals surface area contributed by atoms with Crippen molar-refractivity contribution in [3.63, 3.8) is 0 Å². The third-order valence-corrected chi connectivity index (χ3v) is 3.25. The van der Waals surface area contributed by atoms with E-state index < -0.39 is 5.69 Å². The first-order valence-electron chi connectivity index (χ1n) is 5.51. The molecular formula is C12H12BrFN4O. The van der Waals surface area contributed by atoms with E-state index in [4.69, 9.17) is 5.73 Å². The molecule has 0 fully saturated rings. The van der Waals surface area contributed by atoms with Crippen molar-refractivity contribution in [2.45, 2.75) is 13.5 Å². The molecule has 1 aromatic heterocycles. The Hall–Kier alpha value is -1.89. The molecule has 0 unspecified atom stereocenters. The van der Waals surface area contributed by atoms with Gasteiger partial charge in [-0.05, 0) is 40.5 Å². The van der Waals surface area contributed by atoms with E-state index in [1.54, 1.807) is 19.1 Å². The molecule has 2 aromatic rings. The molecule has 0 amide bonds. The van der Waals surface area contributed by atoms with Gasteiger partial charge in [0.1, 0.15) is 5.82 Å². The van der Waals surface area contributed by atoms with Gasteiger partial charge in [-0.25, -0.2) is 9.18 Å². The number of nitrogens with one attached hydrogen (secondary N) is 2. The number of aromatic nitrogens is 2. The second-order valence-electron chi connectivity index (χ2n) is 4.03. The second kappa shape index (κ2) is 5.40. The van der Waals surface area contributed by atoms with E-state index in [-0.39, 0.29) is 5.82 Å². The molecule has 1 heterocycles. The molecule has 0 radical (unpaired) electrons. The summed E-state index contributed by atoms with van der Waals surface area (Å²) in [5.74, 6) is -0.0492. The highest BCUT2D eigenvalue weighted by Gasteiger charge is 2.06. The number of nitrogens with two attached hydrogens (primary N) is 1. The van der Waals surface area contributed by atoms with Gasteiger partial charge in [-0.15, -0.1) is 0 Å². The highest BCUT2D eigenvalue weighted by Crippen LogP contribution is 2.19. The van der Waals surface area contributed by atoms with Gasteiger partial charge in [0.05, 0.1) is 10.2 Å². The van der Waals surface area contributed by atoms with Crippen molar-refractivity contribution in [1.82, 2.24) is 9.97 Å². The van der Waals surface area contributed by atoms with E-state index in [1.165, 1.54) is 6.07 Å². The lowest BCUT2D eigenvalue weighted by Gasteiger charge is -2.09. The van der Waals surface area contributed by atoms with Crippen molar-refractivity contribution >= 4 is 27.4 Å². The molecule has 4 N–H and O–H groups in total. The predicted octanol–water partition coefficient (Wildman–Crippen LogP) is 2.17. The minimum atomic E-state index is -0.476. The maximum atomic E-state index is 13.3. The van der Waals surface area contributed by atoms with Gasteiger partial charge in [0.2, 0.25) is 0 Å². The maximum absolute atomic E-state index is 13.3. The molecule has 0 saturated carbocycles. The van der Waals surface area contributed by atoms with E-state index in [2.05, 4.69) is 31.2 Å². The lowest BCUT2D eigenvalue weighted by atomic mass is 10.2. The second-order valence-corrected chi connectivity index (χ2v) is 4.89. The van der Waals surface area contributed by atoms with Crippen LogP contribution in [0.5, 0.6) is 0 Å². The molecule has 5 nitrogen and oxygen atoms in total. The highest BCUT2D eigenvalue weighted by molar-refractivity contribution is 9.10. The molecule has 0 bridgehead atoms. The predicted molar refractivity (Wildman–Crippen MR) is 75.4 cm³/mol. The summed E-state index contributed by atoms with van der Waals surface area (Å²) in [7, 11) is 0. The first-order valence-corrected chi connectivity index (χ1v) is 6.31. The number of aromatic amines is 1. The largest absolute Gasteiger partial charge is 0.394 e. The molecular weight excluding hydrogens is 315 g/mol. The molecule has 0 saturated heterocycles. The van der Waals surface area contributed by atoms with Crippen LogP contribution in [0.15, 0.2) is 27.5 Å². The third kappa shape index (κ3) is 3.11. The number of benzene rings is 1. The van der Waals surface area contributed by atoms with Crippen molar-refractivity contribution in [1.29, 1.82) is 0 Å². The number of nitrogens with zero attached hydrogens (tertiary/aromatic N) is 1. The molecule has 1 aromatic carbocycles. The molecule has 0 spiro atoms. The van der Waals surface area contributed by atoms with Gasteiger partial charge in [0.25, 0.3) is 0 Å². The van der Waals surface area contributed by atoms with Crippen LogP contribution < -0.4 is 16.7 Å².